The van der Waals surface area contributed by atoms with E-state index in [-0.39, 0.29) is 18.3 Å². The fourth-order valence-electron chi connectivity index (χ4n) is 2.27. The van der Waals surface area contributed by atoms with Gasteiger partial charge in [0.15, 0.2) is 0 Å². The normalized spacial score (nSPS) is 11.6. The Balaban J connectivity index is 2.00. The van der Waals surface area contributed by atoms with E-state index in [2.05, 4.69) is 10.3 Å². The molecule has 24 heavy (non-hydrogen) atoms. The molecule has 1 aromatic heterocycles. The summed E-state index contributed by atoms with van der Waals surface area (Å²) in [6, 6.07) is 10.3. The van der Waals surface area contributed by atoms with Crippen LogP contribution in [0.5, 0.6) is 0 Å². The van der Waals surface area contributed by atoms with Crippen LogP contribution in [0.1, 0.15) is 30.0 Å². The first kappa shape index (κ1) is 17.9. The molecule has 0 aliphatic heterocycles. The molecular weight excluding hydrogens is 328 g/mol. The van der Waals surface area contributed by atoms with Gasteiger partial charge in [0.25, 0.3) is 0 Å². The molecule has 0 spiro atoms. The minimum atomic E-state index is -0.448. The Kier molecular flexibility index (Phi) is 6.75. The average molecular weight is 347 g/mol. The van der Waals surface area contributed by atoms with Crippen molar-refractivity contribution in [2.75, 3.05) is 7.11 Å². The van der Waals surface area contributed by atoms with Crippen molar-refractivity contribution < 1.29 is 14.3 Å². The van der Waals surface area contributed by atoms with E-state index in [4.69, 9.17) is 16.3 Å². The number of benzene rings is 1. The predicted molar refractivity (Wildman–Crippen MR) is 91.5 cm³/mol. The van der Waals surface area contributed by atoms with Crippen LogP contribution in [0.25, 0.3) is 0 Å². The summed E-state index contributed by atoms with van der Waals surface area (Å²) < 4.78 is 4.71. The van der Waals surface area contributed by atoms with Gasteiger partial charge in [-0.05, 0) is 35.7 Å². The van der Waals surface area contributed by atoms with E-state index in [9.17, 15) is 9.59 Å². The third-order valence-electron chi connectivity index (χ3n) is 3.57. The number of aryl methyl sites for hydroxylation is 1. The smallest absolute Gasteiger partial charge is 0.307 e. The summed E-state index contributed by atoms with van der Waals surface area (Å²) in [6.07, 6.45) is 4.40. The van der Waals surface area contributed by atoms with Crippen LogP contribution in [-0.4, -0.2) is 24.0 Å². The molecule has 0 aliphatic rings. The van der Waals surface area contributed by atoms with Crippen LogP contribution >= 0.6 is 11.6 Å². The van der Waals surface area contributed by atoms with E-state index in [0.29, 0.717) is 17.9 Å². The Hall–Kier alpha value is -2.40. The van der Waals surface area contributed by atoms with Crippen LogP contribution in [0, 0.1) is 0 Å². The lowest BCUT2D eigenvalue weighted by molar-refractivity contribution is -0.141. The number of aromatic nitrogens is 1. The second-order valence-corrected chi connectivity index (χ2v) is 5.75. The lowest BCUT2D eigenvalue weighted by atomic mass is 10.0. The number of carbonyl (C=O) groups excluding carboxylic acids is 2. The number of amides is 1. The van der Waals surface area contributed by atoms with Gasteiger partial charge in [0, 0.05) is 23.8 Å². The summed E-state index contributed by atoms with van der Waals surface area (Å²) in [5, 5.41) is 3.48. The maximum absolute atomic E-state index is 12.2. The number of nitrogens with zero attached hydrogens (tertiary/aromatic N) is 1. The number of pyridine rings is 1. The van der Waals surface area contributed by atoms with Crippen molar-refractivity contribution in [3.8, 4) is 0 Å². The Labute approximate surface area is 146 Å². The average Bonchev–Trinajstić information content (AvgIpc) is 2.61. The minimum Gasteiger partial charge on any atom is -0.469 e. The lowest BCUT2D eigenvalue weighted by Crippen LogP contribution is -2.30. The van der Waals surface area contributed by atoms with Crippen molar-refractivity contribution in [1.82, 2.24) is 10.3 Å². The first-order valence-electron chi connectivity index (χ1n) is 7.59. The number of carbonyl (C=O) groups is 2. The summed E-state index contributed by atoms with van der Waals surface area (Å²) >= 11 is 5.89. The van der Waals surface area contributed by atoms with Crippen molar-refractivity contribution in [1.29, 1.82) is 0 Å². The van der Waals surface area contributed by atoms with Gasteiger partial charge in [-0.25, -0.2) is 0 Å². The molecular formula is C18H19ClN2O3. The topological polar surface area (TPSA) is 68.3 Å². The van der Waals surface area contributed by atoms with E-state index >= 15 is 0 Å². The quantitative estimate of drug-likeness (QED) is 0.782. The molecule has 0 fully saturated rings. The summed E-state index contributed by atoms with van der Waals surface area (Å²) in [6.45, 7) is 0. The van der Waals surface area contributed by atoms with E-state index in [1.165, 1.54) is 7.11 Å². The highest BCUT2D eigenvalue weighted by molar-refractivity contribution is 6.30. The van der Waals surface area contributed by atoms with Crippen LogP contribution in [0.3, 0.4) is 0 Å². The minimum absolute atomic E-state index is 0.0662. The second-order valence-electron chi connectivity index (χ2n) is 5.31. The monoisotopic (exact) mass is 346 g/mol. The molecule has 2 aromatic rings. The molecule has 1 heterocycles. The summed E-state index contributed by atoms with van der Waals surface area (Å²) in [7, 11) is 1.32. The fourth-order valence-corrected chi connectivity index (χ4v) is 2.39. The molecule has 5 nitrogen and oxygen atoms in total. The largest absolute Gasteiger partial charge is 0.469 e. The molecule has 6 heteroatoms. The Morgan fingerprint density at radius 2 is 2.00 bits per heavy atom. The highest BCUT2D eigenvalue weighted by atomic mass is 35.5. The van der Waals surface area contributed by atoms with Crippen LogP contribution in [0.2, 0.25) is 5.02 Å². The van der Waals surface area contributed by atoms with Crippen molar-refractivity contribution in [2.45, 2.75) is 25.3 Å². The molecule has 0 bridgehead atoms. The van der Waals surface area contributed by atoms with E-state index in [1.807, 2.05) is 12.1 Å². The number of hydrogen-bond acceptors (Lipinski definition) is 4. The van der Waals surface area contributed by atoms with Crippen LogP contribution in [0.4, 0.5) is 0 Å². The van der Waals surface area contributed by atoms with E-state index in [1.54, 1.807) is 36.7 Å². The molecule has 126 valence electrons. The summed E-state index contributed by atoms with van der Waals surface area (Å²) in [5.74, 6) is -0.523. The van der Waals surface area contributed by atoms with Gasteiger partial charge in [0.1, 0.15) is 0 Å². The molecule has 0 saturated carbocycles. The Morgan fingerprint density at radius 3 is 2.62 bits per heavy atom. The molecule has 1 amide bonds. The lowest BCUT2D eigenvalue weighted by Gasteiger charge is -2.18. The number of rotatable bonds is 7. The molecule has 0 aliphatic carbocycles. The van der Waals surface area contributed by atoms with Gasteiger partial charge in [-0.15, -0.1) is 0 Å². The fraction of sp³-hybridized carbons (Fsp3) is 0.278. The number of ether oxygens (including phenoxy) is 1. The van der Waals surface area contributed by atoms with Crippen molar-refractivity contribution >= 4 is 23.5 Å². The number of halogens is 1. The second kappa shape index (κ2) is 9.03. The number of hydrogen-bond donors (Lipinski definition) is 1. The highest BCUT2D eigenvalue weighted by Gasteiger charge is 2.18. The molecule has 0 radical (unpaired) electrons. The van der Waals surface area contributed by atoms with Crippen molar-refractivity contribution in [3.63, 3.8) is 0 Å². The van der Waals surface area contributed by atoms with Crippen molar-refractivity contribution in [2.24, 2.45) is 0 Å². The third kappa shape index (κ3) is 5.66. The number of esters is 1. The van der Waals surface area contributed by atoms with Crippen LogP contribution in [0.15, 0.2) is 48.8 Å². The third-order valence-corrected chi connectivity index (χ3v) is 3.82. The zero-order chi connectivity index (χ0) is 17.4. The van der Waals surface area contributed by atoms with Crippen LogP contribution < -0.4 is 5.32 Å². The first-order chi connectivity index (χ1) is 11.6. The Morgan fingerprint density at radius 1 is 1.25 bits per heavy atom. The molecule has 1 N–H and O–H groups in total. The SMILES string of the molecule is COC(=O)CC(NC(=O)CCc1cccnc1)c1ccc(Cl)cc1. The van der Waals surface area contributed by atoms with Gasteiger partial charge in [0.05, 0.1) is 19.6 Å². The van der Waals surface area contributed by atoms with Crippen LogP contribution in [-0.2, 0) is 20.7 Å². The molecule has 1 atom stereocenters. The van der Waals surface area contributed by atoms with Gasteiger partial charge in [-0.3, -0.25) is 14.6 Å². The van der Waals surface area contributed by atoms with Gasteiger partial charge in [-0.2, -0.15) is 0 Å². The Bertz CT molecular complexity index is 674. The highest BCUT2D eigenvalue weighted by Crippen LogP contribution is 2.20. The standard InChI is InChI=1S/C18H19ClN2O3/c1-24-18(23)11-16(14-5-7-15(19)8-6-14)21-17(22)9-4-13-3-2-10-20-12-13/h2-3,5-8,10,12,16H,4,9,11H2,1H3,(H,21,22). The molecule has 2 rings (SSSR count). The van der Waals surface area contributed by atoms with Gasteiger partial charge < -0.3 is 10.1 Å². The zero-order valence-corrected chi connectivity index (χ0v) is 14.1. The van der Waals surface area contributed by atoms with Crippen molar-refractivity contribution in [3.05, 3.63) is 64.9 Å². The maximum Gasteiger partial charge on any atom is 0.307 e. The first-order valence-corrected chi connectivity index (χ1v) is 7.97. The molecule has 0 saturated heterocycles. The molecule has 1 unspecified atom stereocenters. The number of methoxy groups -OCH3 is 1. The summed E-state index contributed by atoms with van der Waals surface area (Å²) in [4.78, 5) is 27.9. The predicted octanol–water partition coefficient (Wildman–Crippen LogP) is 3.09. The summed E-state index contributed by atoms with van der Waals surface area (Å²) in [5.41, 5.74) is 1.79. The maximum atomic E-state index is 12.2. The number of nitrogens with one attached hydrogen (secondary N) is 1. The van der Waals surface area contributed by atoms with Gasteiger partial charge >= 0.3 is 5.97 Å². The molecule has 1 aromatic carbocycles. The van der Waals surface area contributed by atoms with Gasteiger partial charge in [-0.1, -0.05) is 29.8 Å². The van der Waals surface area contributed by atoms with E-state index in [0.717, 1.165) is 11.1 Å². The zero-order valence-electron chi connectivity index (χ0n) is 13.4. The van der Waals surface area contributed by atoms with Gasteiger partial charge in [0.2, 0.25) is 5.91 Å². The van der Waals surface area contributed by atoms with E-state index < -0.39 is 6.04 Å².